The van der Waals surface area contributed by atoms with E-state index in [0.29, 0.717) is 17.9 Å². The number of rotatable bonds is 12. The second kappa shape index (κ2) is 14.1. The summed E-state index contributed by atoms with van der Waals surface area (Å²) in [5.74, 6) is -0.826. The molecular weight excluding hydrogens is 522 g/mol. The molecule has 204 valence electrons. The summed E-state index contributed by atoms with van der Waals surface area (Å²) in [6.07, 6.45) is 0.219. The lowest BCUT2D eigenvalue weighted by molar-refractivity contribution is -0.136. The van der Waals surface area contributed by atoms with E-state index >= 15 is 0 Å². The van der Waals surface area contributed by atoms with Crippen LogP contribution in [-0.4, -0.2) is 33.4 Å². The zero-order chi connectivity index (χ0) is 28.3. The molecule has 0 saturated carbocycles. The highest BCUT2D eigenvalue weighted by Crippen LogP contribution is 2.24. The van der Waals surface area contributed by atoms with Gasteiger partial charge in [0.1, 0.15) is 17.6 Å². The van der Waals surface area contributed by atoms with Gasteiger partial charge in [0.05, 0.1) is 12.5 Å². The Morgan fingerprint density at radius 3 is 2.05 bits per heavy atom. The molecule has 2 N–H and O–H groups in total. The summed E-state index contributed by atoms with van der Waals surface area (Å²) in [6, 6.07) is 33.7. The molecular formula is C33H31NO5S. The fraction of sp³-hybridized carbons (Fsp3) is 0.182. The minimum atomic E-state index is -1.08. The van der Waals surface area contributed by atoms with Crippen LogP contribution in [0.1, 0.15) is 23.6 Å². The van der Waals surface area contributed by atoms with Crippen molar-refractivity contribution in [2.45, 2.75) is 37.7 Å². The van der Waals surface area contributed by atoms with E-state index in [1.807, 2.05) is 103 Å². The second-order valence-corrected chi connectivity index (χ2v) is 10.6. The van der Waals surface area contributed by atoms with Crippen molar-refractivity contribution in [3.8, 4) is 16.9 Å². The van der Waals surface area contributed by atoms with Gasteiger partial charge in [0.2, 0.25) is 11.0 Å². The Labute approximate surface area is 238 Å². The van der Waals surface area contributed by atoms with Crippen LogP contribution in [0.4, 0.5) is 0 Å². The van der Waals surface area contributed by atoms with Gasteiger partial charge in [0, 0.05) is 5.56 Å². The quantitative estimate of drug-likeness (QED) is 0.226. The topological polar surface area (TPSA) is 92.7 Å². The first-order chi connectivity index (χ1) is 19.4. The molecule has 0 aromatic heterocycles. The maximum Gasteiger partial charge on any atom is 0.317 e. The van der Waals surface area contributed by atoms with Crippen LogP contribution in [0.5, 0.6) is 5.75 Å². The highest BCUT2D eigenvalue weighted by molar-refractivity contribution is 8.14. The molecule has 0 aliphatic carbocycles. The number of carbonyl (C=O) groups excluding carboxylic acids is 2. The Hall–Kier alpha value is -4.36. The van der Waals surface area contributed by atoms with E-state index in [0.717, 1.165) is 34.0 Å². The van der Waals surface area contributed by atoms with Crippen molar-refractivity contribution in [1.82, 2.24) is 5.32 Å². The number of para-hydroxylation sites is 1. The summed E-state index contributed by atoms with van der Waals surface area (Å²) in [4.78, 5) is 37.6. The van der Waals surface area contributed by atoms with Gasteiger partial charge in [-0.15, -0.1) is 0 Å². The lowest BCUT2D eigenvalue weighted by atomic mass is 10.0. The first kappa shape index (κ1) is 28.6. The first-order valence-corrected chi connectivity index (χ1v) is 13.9. The molecule has 1 amide bonds. The second-order valence-electron chi connectivity index (χ2n) is 9.38. The Morgan fingerprint density at radius 1 is 0.775 bits per heavy atom. The smallest absolute Gasteiger partial charge is 0.317 e. The number of amides is 1. The fourth-order valence-corrected chi connectivity index (χ4v) is 5.07. The summed E-state index contributed by atoms with van der Waals surface area (Å²) in [5.41, 5.74) is 4.63. The van der Waals surface area contributed by atoms with E-state index in [1.165, 1.54) is 0 Å². The van der Waals surface area contributed by atoms with E-state index in [2.05, 4.69) is 5.32 Å². The third-order valence-corrected chi connectivity index (χ3v) is 7.55. The van der Waals surface area contributed by atoms with Gasteiger partial charge in [0.15, 0.2) is 0 Å². The van der Waals surface area contributed by atoms with Gasteiger partial charge in [-0.25, -0.2) is 0 Å². The maximum absolute atomic E-state index is 12.9. The van der Waals surface area contributed by atoms with Gasteiger partial charge < -0.3 is 15.2 Å². The Morgan fingerprint density at radius 2 is 1.38 bits per heavy atom. The molecule has 7 heteroatoms. The zero-order valence-electron chi connectivity index (χ0n) is 22.2. The van der Waals surface area contributed by atoms with Gasteiger partial charge in [-0.3, -0.25) is 14.4 Å². The number of benzene rings is 4. The number of hydrogen-bond acceptors (Lipinski definition) is 5. The molecule has 4 aromatic carbocycles. The minimum absolute atomic E-state index is 0.0311. The largest absolute Gasteiger partial charge is 0.489 e. The van der Waals surface area contributed by atoms with Gasteiger partial charge in [-0.05, 0) is 41.7 Å². The molecule has 6 nitrogen and oxygen atoms in total. The third-order valence-electron chi connectivity index (χ3n) is 6.31. The van der Waals surface area contributed by atoms with Crippen LogP contribution in [-0.2, 0) is 33.8 Å². The maximum atomic E-state index is 12.9. The molecule has 0 spiro atoms. The molecule has 40 heavy (non-hydrogen) atoms. The van der Waals surface area contributed by atoms with E-state index in [-0.39, 0.29) is 18.7 Å². The predicted octanol–water partition coefficient (Wildman–Crippen LogP) is 5.94. The molecule has 2 atom stereocenters. The van der Waals surface area contributed by atoms with Crippen LogP contribution in [0.15, 0.2) is 109 Å². The average molecular weight is 554 g/mol. The monoisotopic (exact) mass is 553 g/mol. The van der Waals surface area contributed by atoms with Crippen LogP contribution in [0.25, 0.3) is 11.1 Å². The van der Waals surface area contributed by atoms with Crippen molar-refractivity contribution < 1.29 is 24.2 Å². The van der Waals surface area contributed by atoms with Crippen molar-refractivity contribution in [2.75, 3.05) is 0 Å². The van der Waals surface area contributed by atoms with Crippen molar-refractivity contribution in [3.63, 3.8) is 0 Å². The molecule has 0 unspecified atom stereocenters. The molecule has 0 saturated heterocycles. The van der Waals surface area contributed by atoms with Gasteiger partial charge >= 0.3 is 5.97 Å². The molecule has 4 aromatic rings. The SMILES string of the molecule is C[C@@H](NC(=O)Cc1ccccc1OCc1ccccc1)C(=O)S[C@H](Cc1ccc(-c2ccccc2)cc1)C(=O)O. The number of carbonyl (C=O) groups is 3. The predicted molar refractivity (Wildman–Crippen MR) is 158 cm³/mol. The van der Waals surface area contributed by atoms with Crippen LogP contribution >= 0.6 is 11.8 Å². The summed E-state index contributed by atoms with van der Waals surface area (Å²) in [6.45, 7) is 1.94. The molecule has 0 aliphatic rings. The number of carboxylic acids is 1. The van der Waals surface area contributed by atoms with E-state index in [9.17, 15) is 19.5 Å². The summed E-state index contributed by atoms with van der Waals surface area (Å²) in [7, 11) is 0. The molecule has 0 radical (unpaired) electrons. The minimum Gasteiger partial charge on any atom is -0.489 e. The van der Waals surface area contributed by atoms with Crippen LogP contribution in [0.2, 0.25) is 0 Å². The van der Waals surface area contributed by atoms with Gasteiger partial charge in [0.25, 0.3) is 0 Å². The number of hydrogen-bond donors (Lipinski definition) is 2. The molecule has 0 aliphatic heterocycles. The van der Waals surface area contributed by atoms with Gasteiger partial charge in [-0.1, -0.05) is 115 Å². The summed E-state index contributed by atoms with van der Waals surface area (Å²) in [5, 5.41) is 11.1. The Bertz CT molecular complexity index is 1420. The molecule has 4 rings (SSSR count). The molecule has 0 heterocycles. The Balaban J connectivity index is 1.31. The van der Waals surface area contributed by atoms with Crippen LogP contribution in [0.3, 0.4) is 0 Å². The lowest BCUT2D eigenvalue weighted by Gasteiger charge is -2.17. The van der Waals surface area contributed by atoms with E-state index in [1.54, 1.807) is 13.0 Å². The third kappa shape index (κ3) is 8.32. The summed E-state index contributed by atoms with van der Waals surface area (Å²) < 4.78 is 5.93. The van der Waals surface area contributed by atoms with E-state index < -0.39 is 22.4 Å². The highest BCUT2D eigenvalue weighted by Gasteiger charge is 2.26. The van der Waals surface area contributed by atoms with Crippen molar-refractivity contribution in [2.24, 2.45) is 0 Å². The van der Waals surface area contributed by atoms with Crippen molar-refractivity contribution in [3.05, 3.63) is 126 Å². The lowest BCUT2D eigenvalue weighted by Crippen LogP contribution is -2.39. The standard InChI is InChI=1S/C33H31NO5S/c1-23(34-31(35)21-28-14-8-9-15-29(28)39-22-25-10-4-2-5-11-25)33(38)40-30(32(36)37)20-24-16-18-27(19-17-24)26-12-6-3-7-13-26/h2-19,23,30H,20-22H2,1H3,(H,34,35)(H,36,37)/t23-,30-/m1/s1. The first-order valence-electron chi connectivity index (χ1n) is 13.0. The van der Waals surface area contributed by atoms with Crippen LogP contribution < -0.4 is 10.1 Å². The van der Waals surface area contributed by atoms with E-state index in [4.69, 9.17) is 4.74 Å². The Kier molecular flexibility index (Phi) is 10.1. The summed E-state index contributed by atoms with van der Waals surface area (Å²) >= 11 is 0.736. The number of ether oxygens (including phenoxy) is 1. The van der Waals surface area contributed by atoms with Crippen molar-refractivity contribution in [1.29, 1.82) is 0 Å². The molecule has 0 bridgehead atoms. The molecule has 0 fully saturated rings. The number of nitrogens with one attached hydrogen (secondary N) is 1. The fourth-order valence-electron chi connectivity index (χ4n) is 4.15. The highest BCUT2D eigenvalue weighted by atomic mass is 32.2. The van der Waals surface area contributed by atoms with Crippen molar-refractivity contribution >= 4 is 28.8 Å². The van der Waals surface area contributed by atoms with Crippen LogP contribution in [0, 0.1) is 0 Å². The zero-order valence-corrected chi connectivity index (χ0v) is 23.0. The number of aliphatic carboxylic acids is 1. The number of carboxylic acid groups (broad SMARTS) is 1. The van der Waals surface area contributed by atoms with Gasteiger partial charge in [-0.2, -0.15) is 0 Å². The number of thioether (sulfide) groups is 1. The average Bonchev–Trinajstić information content (AvgIpc) is 2.97. The normalized spacial score (nSPS) is 12.2.